The van der Waals surface area contributed by atoms with Gasteiger partial charge in [-0.3, -0.25) is 0 Å². The zero-order valence-corrected chi connectivity index (χ0v) is 10.8. The second-order valence-corrected chi connectivity index (χ2v) is 5.57. The second-order valence-electron chi connectivity index (χ2n) is 5.57. The van der Waals surface area contributed by atoms with Gasteiger partial charge in [-0.1, -0.05) is 31.0 Å². The van der Waals surface area contributed by atoms with Gasteiger partial charge in [0.2, 0.25) is 0 Å². The first kappa shape index (κ1) is 12.0. The molecule has 0 spiro atoms. The Labute approximate surface area is 109 Å². The van der Waals surface area contributed by atoms with E-state index in [0.29, 0.717) is 0 Å². The summed E-state index contributed by atoms with van der Waals surface area (Å²) in [5.74, 6) is 0. The first-order valence-corrected chi connectivity index (χ1v) is 7.06. The fourth-order valence-corrected chi connectivity index (χ4v) is 3.42. The third-order valence-electron chi connectivity index (χ3n) is 4.42. The van der Waals surface area contributed by atoms with Gasteiger partial charge in [-0.15, -0.1) is 0 Å². The Balaban J connectivity index is 1.91. The summed E-state index contributed by atoms with van der Waals surface area (Å²) < 4.78 is 0. The highest BCUT2D eigenvalue weighted by molar-refractivity contribution is 5.57. The zero-order chi connectivity index (χ0) is 12.5. The van der Waals surface area contributed by atoms with Crippen LogP contribution in [0.1, 0.15) is 43.7 Å². The maximum atomic E-state index is 10.2. The van der Waals surface area contributed by atoms with E-state index >= 15 is 0 Å². The molecule has 2 aliphatic rings. The van der Waals surface area contributed by atoms with Crippen molar-refractivity contribution >= 4 is 5.69 Å². The van der Waals surface area contributed by atoms with E-state index in [4.69, 9.17) is 5.73 Å². The third-order valence-corrected chi connectivity index (χ3v) is 4.42. The molecule has 1 fully saturated rings. The molecule has 18 heavy (non-hydrogen) atoms. The Bertz CT molecular complexity index is 421. The van der Waals surface area contributed by atoms with Crippen molar-refractivity contribution in [1.82, 2.24) is 0 Å². The number of anilines is 1. The summed E-state index contributed by atoms with van der Waals surface area (Å²) in [6, 6.07) is 8.83. The zero-order valence-electron chi connectivity index (χ0n) is 10.8. The van der Waals surface area contributed by atoms with Gasteiger partial charge in [0.25, 0.3) is 0 Å². The molecule has 3 N–H and O–H groups in total. The summed E-state index contributed by atoms with van der Waals surface area (Å²) in [6.07, 6.45) is 5.24. The minimum Gasteiger partial charge on any atom is -0.391 e. The van der Waals surface area contributed by atoms with Crippen molar-refractivity contribution < 1.29 is 5.11 Å². The molecule has 98 valence electrons. The molecule has 3 rings (SSSR count). The third kappa shape index (κ3) is 2.02. The summed E-state index contributed by atoms with van der Waals surface area (Å²) in [6.45, 7) is 0.972. The molecule has 3 heteroatoms. The quantitative estimate of drug-likeness (QED) is 0.798. The Morgan fingerprint density at radius 1 is 1.11 bits per heavy atom. The molecule has 1 aromatic carbocycles. The first-order chi connectivity index (χ1) is 8.77. The lowest BCUT2D eigenvalue weighted by Gasteiger charge is -2.43. The van der Waals surface area contributed by atoms with Gasteiger partial charge in [0, 0.05) is 18.3 Å². The van der Waals surface area contributed by atoms with Crippen molar-refractivity contribution in [2.45, 2.75) is 50.3 Å². The highest BCUT2D eigenvalue weighted by atomic mass is 16.3. The number of nitrogens with two attached hydrogens (primary N) is 1. The van der Waals surface area contributed by atoms with Crippen molar-refractivity contribution in [3.05, 3.63) is 29.8 Å². The Hall–Kier alpha value is -1.06. The van der Waals surface area contributed by atoms with Crippen LogP contribution in [0, 0.1) is 0 Å². The van der Waals surface area contributed by atoms with Gasteiger partial charge >= 0.3 is 0 Å². The highest BCUT2D eigenvalue weighted by Gasteiger charge is 2.32. The van der Waals surface area contributed by atoms with Gasteiger partial charge in [0.15, 0.2) is 0 Å². The molecule has 0 radical (unpaired) electrons. The van der Waals surface area contributed by atoms with E-state index in [-0.39, 0.29) is 18.2 Å². The largest absolute Gasteiger partial charge is 0.391 e. The number of hydrogen-bond acceptors (Lipinski definition) is 3. The van der Waals surface area contributed by atoms with Crippen molar-refractivity contribution in [2.24, 2.45) is 5.73 Å². The normalized spacial score (nSPS) is 32.1. The second kappa shape index (κ2) is 4.90. The number of para-hydroxylation sites is 1. The predicted molar refractivity (Wildman–Crippen MR) is 73.6 cm³/mol. The van der Waals surface area contributed by atoms with Crippen LogP contribution in [-0.2, 0) is 0 Å². The molecule has 1 aliphatic heterocycles. The van der Waals surface area contributed by atoms with Crippen LogP contribution < -0.4 is 10.6 Å². The number of nitrogens with zero attached hydrogens (tertiary/aromatic N) is 1. The van der Waals surface area contributed by atoms with Crippen LogP contribution in [0.3, 0.4) is 0 Å². The molecular formula is C15H22N2O. The maximum Gasteiger partial charge on any atom is 0.0743 e. The van der Waals surface area contributed by atoms with Crippen molar-refractivity contribution in [3.8, 4) is 0 Å². The van der Waals surface area contributed by atoms with Crippen molar-refractivity contribution in [3.63, 3.8) is 0 Å². The molecule has 0 bridgehead atoms. The minimum absolute atomic E-state index is 0.151. The van der Waals surface area contributed by atoms with Gasteiger partial charge in [0.05, 0.1) is 12.1 Å². The number of hydrogen-bond donors (Lipinski definition) is 2. The molecule has 1 aliphatic carbocycles. The van der Waals surface area contributed by atoms with Gasteiger partial charge in [-0.05, 0) is 30.9 Å². The fraction of sp³-hybridized carbons (Fsp3) is 0.600. The number of rotatable bonds is 1. The Morgan fingerprint density at radius 2 is 1.89 bits per heavy atom. The number of aliphatic hydroxyl groups excluding tert-OH is 1. The summed E-state index contributed by atoms with van der Waals surface area (Å²) in [7, 11) is 0. The fourth-order valence-electron chi connectivity index (χ4n) is 3.42. The number of fused-ring (bicyclic) bond motifs is 1. The SMILES string of the molecule is NC1CCN(C2CCCCC2O)c2ccccc21. The Kier molecular flexibility index (Phi) is 3.27. The molecule has 1 heterocycles. The smallest absolute Gasteiger partial charge is 0.0743 e. The first-order valence-electron chi connectivity index (χ1n) is 7.06. The molecule has 0 saturated heterocycles. The number of benzene rings is 1. The average molecular weight is 246 g/mol. The van der Waals surface area contributed by atoms with Gasteiger partial charge in [0.1, 0.15) is 0 Å². The molecule has 0 amide bonds. The molecular weight excluding hydrogens is 224 g/mol. The predicted octanol–water partition coefficient (Wildman–Crippen LogP) is 2.20. The van der Waals surface area contributed by atoms with E-state index in [9.17, 15) is 5.11 Å². The van der Waals surface area contributed by atoms with Crippen LogP contribution in [0.2, 0.25) is 0 Å². The highest BCUT2D eigenvalue weighted by Crippen LogP contribution is 2.36. The molecule has 1 saturated carbocycles. The molecule has 3 nitrogen and oxygen atoms in total. The van der Waals surface area contributed by atoms with Crippen LogP contribution in [0.4, 0.5) is 5.69 Å². The van der Waals surface area contributed by atoms with Crippen LogP contribution in [0.15, 0.2) is 24.3 Å². The topological polar surface area (TPSA) is 49.5 Å². The maximum absolute atomic E-state index is 10.2. The van der Waals surface area contributed by atoms with Crippen molar-refractivity contribution in [2.75, 3.05) is 11.4 Å². The van der Waals surface area contributed by atoms with Crippen LogP contribution in [0.25, 0.3) is 0 Å². The van der Waals surface area contributed by atoms with E-state index in [0.717, 1.165) is 32.2 Å². The molecule has 0 aromatic heterocycles. The minimum atomic E-state index is -0.180. The summed E-state index contributed by atoms with van der Waals surface area (Å²) in [5.41, 5.74) is 8.66. The van der Waals surface area contributed by atoms with Crippen molar-refractivity contribution in [1.29, 1.82) is 0 Å². The number of aliphatic hydroxyl groups is 1. The van der Waals surface area contributed by atoms with Crippen LogP contribution >= 0.6 is 0 Å². The van der Waals surface area contributed by atoms with E-state index < -0.39 is 0 Å². The molecule has 3 atom stereocenters. The summed E-state index contributed by atoms with van der Waals surface area (Å²) in [5, 5.41) is 10.2. The lowest BCUT2D eigenvalue weighted by Crippen LogP contribution is -2.48. The lowest BCUT2D eigenvalue weighted by molar-refractivity contribution is 0.103. The molecule has 3 unspecified atom stereocenters. The summed E-state index contributed by atoms with van der Waals surface area (Å²) in [4.78, 5) is 2.39. The van der Waals surface area contributed by atoms with E-state index in [1.54, 1.807) is 0 Å². The monoisotopic (exact) mass is 246 g/mol. The van der Waals surface area contributed by atoms with Gasteiger partial charge < -0.3 is 15.7 Å². The van der Waals surface area contributed by atoms with E-state index in [2.05, 4.69) is 29.2 Å². The lowest BCUT2D eigenvalue weighted by atomic mass is 9.88. The Morgan fingerprint density at radius 3 is 2.72 bits per heavy atom. The standard InChI is InChI=1S/C15H22N2O/c16-12-9-10-17(13-6-2-1-5-11(12)13)14-7-3-4-8-15(14)18/h1-2,5-6,12,14-15,18H,3-4,7-10,16H2. The van der Waals surface area contributed by atoms with Gasteiger partial charge in [-0.2, -0.15) is 0 Å². The van der Waals surface area contributed by atoms with Gasteiger partial charge in [-0.25, -0.2) is 0 Å². The molecule has 1 aromatic rings. The summed E-state index contributed by atoms with van der Waals surface area (Å²) >= 11 is 0. The van der Waals surface area contributed by atoms with E-state index in [1.165, 1.54) is 17.7 Å². The van der Waals surface area contributed by atoms with Crippen LogP contribution in [-0.4, -0.2) is 23.8 Å². The average Bonchev–Trinajstić information content (AvgIpc) is 2.41. The van der Waals surface area contributed by atoms with E-state index in [1.807, 2.05) is 0 Å². The van der Waals surface area contributed by atoms with Crippen LogP contribution in [0.5, 0.6) is 0 Å².